The maximum Gasteiger partial charge on any atom is 0.324 e. The molecule has 0 saturated heterocycles. The standard InChI is InChI=1S/C11H18N2O3S/c1-16-6-4-2-3-5-12-8-10-7-11(13(14)15)17-9-10/h7,9,12H,2-6,8H2,1H3. The summed E-state index contributed by atoms with van der Waals surface area (Å²) in [6.45, 7) is 2.46. The molecule has 0 spiro atoms. The Kier molecular flexibility index (Phi) is 6.76. The average molecular weight is 258 g/mol. The summed E-state index contributed by atoms with van der Waals surface area (Å²) in [5, 5.41) is 15.8. The van der Waals surface area contributed by atoms with Gasteiger partial charge in [-0.25, -0.2) is 0 Å². The highest BCUT2D eigenvalue weighted by molar-refractivity contribution is 7.13. The van der Waals surface area contributed by atoms with Gasteiger partial charge in [0.25, 0.3) is 0 Å². The molecule has 0 amide bonds. The van der Waals surface area contributed by atoms with Crippen molar-refractivity contribution in [3.8, 4) is 0 Å². The molecule has 0 aliphatic rings. The quantitative estimate of drug-likeness (QED) is 0.420. The van der Waals surface area contributed by atoms with E-state index in [-0.39, 0.29) is 9.92 Å². The molecule has 17 heavy (non-hydrogen) atoms. The maximum absolute atomic E-state index is 10.5. The monoisotopic (exact) mass is 258 g/mol. The van der Waals surface area contributed by atoms with Crippen molar-refractivity contribution in [2.75, 3.05) is 20.3 Å². The zero-order chi connectivity index (χ0) is 12.5. The van der Waals surface area contributed by atoms with E-state index in [2.05, 4.69) is 5.32 Å². The van der Waals surface area contributed by atoms with Crippen molar-refractivity contribution in [3.63, 3.8) is 0 Å². The van der Waals surface area contributed by atoms with Crippen LogP contribution in [0.5, 0.6) is 0 Å². The number of ether oxygens (including phenoxy) is 1. The predicted octanol–water partition coefficient (Wildman–Crippen LogP) is 2.56. The highest BCUT2D eigenvalue weighted by Crippen LogP contribution is 2.22. The number of nitrogens with zero attached hydrogens (tertiary/aromatic N) is 1. The first-order chi connectivity index (χ1) is 8.24. The van der Waals surface area contributed by atoms with E-state index in [1.165, 1.54) is 11.3 Å². The second kappa shape index (κ2) is 8.16. The lowest BCUT2D eigenvalue weighted by Crippen LogP contribution is -2.14. The zero-order valence-electron chi connectivity index (χ0n) is 9.98. The van der Waals surface area contributed by atoms with E-state index >= 15 is 0 Å². The van der Waals surface area contributed by atoms with Crippen LogP contribution < -0.4 is 5.32 Å². The van der Waals surface area contributed by atoms with E-state index in [0.717, 1.165) is 38.0 Å². The Morgan fingerprint density at radius 1 is 1.47 bits per heavy atom. The van der Waals surface area contributed by atoms with Gasteiger partial charge in [-0.2, -0.15) is 0 Å². The fourth-order valence-corrected chi connectivity index (χ4v) is 2.19. The largest absolute Gasteiger partial charge is 0.385 e. The number of methoxy groups -OCH3 is 1. The third-order valence-corrected chi connectivity index (χ3v) is 3.28. The van der Waals surface area contributed by atoms with Gasteiger partial charge in [-0.15, -0.1) is 0 Å². The molecule has 0 aromatic carbocycles. The Morgan fingerprint density at radius 2 is 2.29 bits per heavy atom. The molecule has 1 heterocycles. The lowest BCUT2D eigenvalue weighted by Gasteiger charge is -2.02. The normalized spacial score (nSPS) is 10.6. The molecule has 0 atom stereocenters. The van der Waals surface area contributed by atoms with Gasteiger partial charge < -0.3 is 10.1 Å². The van der Waals surface area contributed by atoms with Gasteiger partial charge in [-0.3, -0.25) is 10.1 Å². The van der Waals surface area contributed by atoms with Crippen molar-refractivity contribution >= 4 is 16.3 Å². The van der Waals surface area contributed by atoms with Gasteiger partial charge in [-0.1, -0.05) is 11.3 Å². The SMILES string of the molecule is COCCCCCNCc1csc([N+](=O)[O-])c1. The zero-order valence-corrected chi connectivity index (χ0v) is 10.8. The lowest BCUT2D eigenvalue weighted by molar-refractivity contribution is -0.380. The van der Waals surface area contributed by atoms with Crippen LogP contribution in [0.2, 0.25) is 0 Å². The summed E-state index contributed by atoms with van der Waals surface area (Å²) in [7, 11) is 1.71. The van der Waals surface area contributed by atoms with E-state index in [4.69, 9.17) is 4.74 Å². The molecule has 96 valence electrons. The Bertz CT molecular complexity index is 341. The van der Waals surface area contributed by atoms with E-state index in [9.17, 15) is 10.1 Å². The maximum atomic E-state index is 10.5. The Morgan fingerprint density at radius 3 is 2.94 bits per heavy atom. The Labute approximate surface area is 105 Å². The number of thiophene rings is 1. The molecule has 0 bridgehead atoms. The molecular formula is C11H18N2O3S. The van der Waals surface area contributed by atoms with E-state index in [1.54, 1.807) is 13.2 Å². The van der Waals surface area contributed by atoms with E-state index < -0.39 is 0 Å². The highest BCUT2D eigenvalue weighted by Gasteiger charge is 2.08. The number of hydrogen-bond donors (Lipinski definition) is 1. The average Bonchev–Trinajstić information content (AvgIpc) is 2.77. The third-order valence-electron chi connectivity index (χ3n) is 2.35. The molecule has 0 radical (unpaired) electrons. The molecule has 6 heteroatoms. The molecule has 1 rings (SSSR count). The van der Waals surface area contributed by atoms with Crippen molar-refractivity contribution in [3.05, 3.63) is 27.1 Å². The van der Waals surface area contributed by atoms with Crippen LogP contribution in [0.25, 0.3) is 0 Å². The molecule has 1 aromatic rings. The molecule has 0 unspecified atom stereocenters. The summed E-state index contributed by atoms with van der Waals surface area (Å²) < 4.78 is 4.96. The van der Waals surface area contributed by atoms with Gasteiger partial charge in [0.15, 0.2) is 0 Å². The molecule has 0 fully saturated rings. The molecular weight excluding hydrogens is 240 g/mol. The highest BCUT2D eigenvalue weighted by atomic mass is 32.1. The summed E-state index contributed by atoms with van der Waals surface area (Å²) in [6.07, 6.45) is 3.34. The van der Waals surface area contributed by atoms with Gasteiger partial charge in [0, 0.05) is 31.7 Å². The molecule has 0 aliphatic heterocycles. The second-order valence-electron chi connectivity index (χ2n) is 3.78. The number of hydrogen-bond acceptors (Lipinski definition) is 5. The second-order valence-corrected chi connectivity index (χ2v) is 4.67. The van der Waals surface area contributed by atoms with Crippen molar-refractivity contribution in [2.45, 2.75) is 25.8 Å². The minimum atomic E-state index is -0.348. The number of nitro groups is 1. The van der Waals surface area contributed by atoms with Gasteiger partial charge in [0.1, 0.15) is 0 Å². The topological polar surface area (TPSA) is 64.4 Å². The summed E-state index contributed by atoms with van der Waals surface area (Å²) in [5.41, 5.74) is 0.985. The van der Waals surface area contributed by atoms with E-state index in [1.807, 2.05) is 5.38 Å². The van der Waals surface area contributed by atoms with Crippen molar-refractivity contribution in [1.29, 1.82) is 0 Å². The van der Waals surface area contributed by atoms with Crippen LogP contribution in [0, 0.1) is 10.1 Å². The van der Waals surface area contributed by atoms with Gasteiger partial charge >= 0.3 is 5.00 Å². The first-order valence-electron chi connectivity index (χ1n) is 5.65. The summed E-state index contributed by atoms with van der Waals surface area (Å²) >= 11 is 1.18. The van der Waals surface area contributed by atoms with Crippen LogP contribution in [0.1, 0.15) is 24.8 Å². The lowest BCUT2D eigenvalue weighted by atomic mass is 10.2. The van der Waals surface area contributed by atoms with Crippen LogP contribution in [0.3, 0.4) is 0 Å². The van der Waals surface area contributed by atoms with Crippen LogP contribution in [0.4, 0.5) is 5.00 Å². The number of unbranched alkanes of at least 4 members (excludes halogenated alkanes) is 2. The van der Waals surface area contributed by atoms with Gasteiger partial charge in [0.05, 0.1) is 4.92 Å². The summed E-state index contributed by atoms with van der Waals surface area (Å²) in [6, 6.07) is 1.63. The van der Waals surface area contributed by atoms with Crippen LogP contribution in [0.15, 0.2) is 11.4 Å². The first-order valence-corrected chi connectivity index (χ1v) is 6.53. The van der Waals surface area contributed by atoms with Crippen LogP contribution in [-0.4, -0.2) is 25.2 Å². The van der Waals surface area contributed by atoms with E-state index in [0.29, 0.717) is 6.54 Å². The minimum absolute atomic E-state index is 0.210. The fourth-order valence-electron chi connectivity index (χ4n) is 1.46. The molecule has 5 nitrogen and oxygen atoms in total. The Hall–Kier alpha value is -0.980. The molecule has 1 N–H and O–H groups in total. The number of rotatable bonds is 9. The van der Waals surface area contributed by atoms with Crippen molar-refractivity contribution in [2.24, 2.45) is 0 Å². The summed E-state index contributed by atoms with van der Waals surface area (Å²) in [4.78, 5) is 10.1. The van der Waals surface area contributed by atoms with Crippen molar-refractivity contribution < 1.29 is 9.66 Å². The molecule has 0 aliphatic carbocycles. The summed E-state index contributed by atoms with van der Waals surface area (Å²) in [5.74, 6) is 0. The third kappa shape index (κ3) is 5.76. The molecule has 1 aromatic heterocycles. The van der Waals surface area contributed by atoms with Gasteiger partial charge in [0.2, 0.25) is 0 Å². The van der Waals surface area contributed by atoms with Crippen LogP contribution >= 0.6 is 11.3 Å². The molecule has 0 saturated carbocycles. The fraction of sp³-hybridized carbons (Fsp3) is 0.636. The predicted molar refractivity (Wildman–Crippen MR) is 68.4 cm³/mol. The van der Waals surface area contributed by atoms with Gasteiger partial charge in [-0.05, 0) is 31.4 Å². The minimum Gasteiger partial charge on any atom is -0.385 e. The Balaban J connectivity index is 2.07. The first kappa shape index (κ1) is 14.1. The smallest absolute Gasteiger partial charge is 0.324 e. The van der Waals surface area contributed by atoms with Crippen LogP contribution in [-0.2, 0) is 11.3 Å². The van der Waals surface area contributed by atoms with Crippen molar-refractivity contribution in [1.82, 2.24) is 5.32 Å². The number of nitrogens with one attached hydrogen (secondary N) is 1.